The molecule has 1 heterocycles. The van der Waals surface area contributed by atoms with E-state index < -0.39 is 18.2 Å². The third-order valence-corrected chi connectivity index (χ3v) is 7.37. The van der Waals surface area contributed by atoms with Gasteiger partial charge in [0.25, 0.3) is 5.91 Å². The number of morpholine rings is 1. The highest BCUT2D eigenvalue weighted by Gasteiger charge is 2.43. The van der Waals surface area contributed by atoms with Gasteiger partial charge in [-0.2, -0.15) is 0 Å². The summed E-state index contributed by atoms with van der Waals surface area (Å²) in [4.78, 5) is 26.9. The van der Waals surface area contributed by atoms with Gasteiger partial charge in [-0.05, 0) is 65.9 Å². The highest BCUT2D eigenvalue weighted by Crippen LogP contribution is 2.44. The maximum atomic E-state index is 13.8. The third kappa shape index (κ3) is 6.82. The SMILES string of the molecule is NC(=O)CCCCN1C(=O)[C@H](Cc2ccc(F)cc2)O[C@H](c2ccc(Cl)c(Cl)c2)[C@@H]1c1ccc(Cl)cc1. The van der Waals surface area contributed by atoms with E-state index in [1.165, 1.54) is 12.1 Å². The fraction of sp³-hybridized carbons (Fsp3) is 0.286. The minimum Gasteiger partial charge on any atom is -0.370 e. The molecule has 0 radical (unpaired) electrons. The van der Waals surface area contributed by atoms with Gasteiger partial charge in [-0.25, -0.2) is 4.39 Å². The van der Waals surface area contributed by atoms with Crippen molar-refractivity contribution in [1.29, 1.82) is 0 Å². The molecule has 0 spiro atoms. The van der Waals surface area contributed by atoms with Crippen LogP contribution in [0.2, 0.25) is 15.1 Å². The van der Waals surface area contributed by atoms with Crippen LogP contribution < -0.4 is 5.73 Å². The Morgan fingerprint density at radius 1 is 0.919 bits per heavy atom. The molecular weight excluding hydrogens is 538 g/mol. The van der Waals surface area contributed by atoms with Crippen molar-refractivity contribution in [2.75, 3.05) is 6.54 Å². The van der Waals surface area contributed by atoms with Crippen molar-refractivity contribution in [2.45, 2.75) is 43.9 Å². The number of rotatable bonds is 9. The number of nitrogens with two attached hydrogens (primary N) is 1. The van der Waals surface area contributed by atoms with Crippen molar-refractivity contribution < 1.29 is 18.7 Å². The van der Waals surface area contributed by atoms with Crippen LogP contribution in [0.15, 0.2) is 66.7 Å². The maximum absolute atomic E-state index is 13.8. The van der Waals surface area contributed by atoms with Crippen molar-refractivity contribution in [3.8, 4) is 0 Å². The first-order valence-electron chi connectivity index (χ1n) is 11.9. The molecule has 5 nitrogen and oxygen atoms in total. The fourth-order valence-electron chi connectivity index (χ4n) is 4.56. The Balaban J connectivity index is 1.74. The largest absolute Gasteiger partial charge is 0.370 e. The summed E-state index contributed by atoms with van der Waals surface area (Å²) in [5, 5.41) is 1.35. The van der Waals surface area contributed by atoms with E-state index in [0.29, 0.717) is 34.5 Å². The molecule has 0 bridgehead atoms. The van der Waals surface area contributed by atoms with Crippen molar-refractivity contribution in [2.24, 2.45) is 5.73 Å². The number of ether oxygens (including phenoxy) is 1. The lowest BCUT2D eigenvalue weighted by atomic mass is 9.90. The summed E-state index contributed by atoms with van der Waals surface area (Å²) in [6, 6.07) is 18.1. The zero-order valence-corrected chi connectivity index (χ0v) is 22.1. The molecular formula is C28H26Cl3FN2O3. The first kappa shape index (κ1) is 27.4. The molecule has 3 aromatic rings. The van der Waals surface area contributed by atoms with Gasteiger partial charge in [-0.15, -0.1) is 0 Å². The van der Waals surface area contributed by atoms with Crippen LogP contribution in [0, 0.1) is 5.82 Å². The van der Waals surface area contributed by atoms with E-state index in [1.54, 1.807) is 41.3 Å². The van der Waals surface area contributed by atoms with Gasteiger partial charge in [0.15, 0.2) is 0 Å². The summed E-state index contributed by atoms with van der Waals surface area (Å²) in [6.07, 6.45) is 0.241. The van der Waals surface area contributed by atoms with E-state index in [4.69, 9.17) is 45.3 Å². The van der Waals surface area contributed by atoms with Crippen molar-refractivity contribution in [3.63, 3.8) is 0 Å². The molecule has 4 rings (SSSR count). The van der Waals surface area contributed by atoms with E-state index >= 15 is 0 Å². The molecule has 0 saturated carbocycles. The topological polar surface area (TPSA) is 72.6 Å². The van der Waals surface area contributed by atoms with Gasteiger partial charge in [0, 0.05) is 24.4 Å². The lowest BCUT2D eigenvalue weighted by Crippen LogP contribution is -2.51. The minimum absolute atomic E-state index is 0.195. The monoisotopic (exact) mass is 562 g/mol. The first-order valence-corrected chi connectivity index (χ1v) is 13.1. The van der Waals surface area contributed by atoms with E-state index in [0.717, 1.165) is 16.7 Å². The van der Waals surface area contributed by atoms with Crippen LogP contribution in [0.25, 0.3) is 0 Å². The molecule has 0 aliphatic carbocycles. The van der Waals surface area contributed by atoms with Gasteiger partial charge in [-0.1, -0.05) is 65.1 Å². The number of halogens is 4. The number of carbonyl (C=O) groups is 2. The zero-order valence-electron chi connectivity index (χ0n) is 19.9. The van der Waals surface area contributed by atoms with Gasteiger partial charge >= 0.3 is 0 Å². The summed E-state index contributed by atoms with van der Waals surface area (Å²) in [5.41, 5.74) is 7.68. The Bertz CT molecular complexity index is 1250. The summed E-state index contributed by atoms with van der Waals surface area (Å²) >= 11 is 18.7. The predicted molar refractivity (Wildman–Crippen MR) is 143 cm³/mol. The Labute approximate surface area is 230 Å². The standard InChI is InChI=1S/C28H26Cl3FN2O3/c29-20-9-6-18(7-10-20)26-27(19-8-13-22(30)23(31)16-19)37-24(15-17-4-11-21(32)12-5-17)28(36)34(26)14-2-1-3-25(33)35/h4-13,16,24,26-27H,1-3,14-15H2,(H2,33,35)/t24-,26-,27+/m0/s1. The Morgan fingerprint density at radius 3 is 2.24 bits per heavy atom. The molecule has 0 unspecified atom stereocenters. The second kappa shape index (κ2) is 12.3. The van der Waals surface area contributed by atoms with E-state index in [9.17, 15) is 14.0 Å². The number of hydrogen-bond donors (Lipinski definition) is 1. The third-order valence-electron chi connectivity index (χ3n) is 6.38. The van der Waals surface area contributed by atoms with Crippen LogP contribution in [0.4, 0.5) is 4.39 Å². The molecule has 37 heavy (non-hydrogen) atoms. The second-order valence-electron chi connectivity index (χ2n) is 9.00. The summed E-state index contributed by atoms with van der Waals surface area (Å²) in [7, 11) is 0. The molecule has 1 saturated heterocycles. The molecule has 194 valence electrons. The predicted octanol–water partition coefficient (Wildman–Crippen LogP) is 6.69. The number of primary amides is 1. The highest BCUT2D eigenvalue weighted by molar-refractivity contribution is 6.42. The summed E-state index contributed by atoms with van der Waals surface area (Å²) < 4.78 is 20.0. The Kier molecular flexibility index (Phi) is 9.08. The summed E-state index contributed by atoms with van der Waals surface area (Å²) in [5.74, 6) is -0.933. The van der Waals surface area contributed by atoms with Crippen LogP contribution >= 0.6 is 34.8 Å². The lowest BCUT2D eigenvalue weighted by Gasteiger charge is -2.45. The van der Waals surface area contributed by atoms with E-state index in [-0.39, 0.29) is 30.5 Å². The lowest BCUT2D eigenvalue weighted by molar-refractivity contribution is -0.174. The number of carbonyl (C=O) groups excluding carboxylic acids is 2. The highest BCUT2D eigenvalue weighted by atomic mass is 35.5. The van der Waals surface area contributed by atoms with Crippen molar-refractivity contribution >= 4 is 46.6 Å². The Morgan fingerprint density at radius 2 is 1.59 bits per heavy atom. The van der Waals surface area contributed by atoms with Crippen LogP contribution in [0.3, 0.4) is 0 Å². The van der Waals surface area contributed by atoms with Gasteiger partial charge < -0.3 is 15.4 Å². The zero-order chi connectivity index (χ0) is 26.5. The molecule has 3 atom stereocenters. The van der Waals surface area contributed by atoms with Crippen LogP contribution in [-0.4, -0.2) is 29.4 Å². The minimum atomic E-state index is -0.815. The van der Waals surface area contributed by atoms with Crippen molar-refractivity contribution in [3.05, 3.63) is 104 Å². The molecule has 1 aliphatic heterocycles. The molecule has 0 aromatic heterocycles. The average molecular weight is 564 g/mol. The van der Waals surface area contributed by atoms with Crippen LogP contribution in [0.1, 0.15) is 48.1 Å². The van der Waals surface area contributed by atoms with Crippen LogP contribution in [0.5, 0.6) is 0 Å². The van der Waals surface area contributed by atoms with Gasteiger partial charge in [0.1, 0.15) is 18.0 Å². The molecule has 9 heteroatoms. The molecule has 2 amide bonds. The van der Waals surface area contributed by atoms with Gasteiger partial charge in [0.2, 0.25) is 5.91 Å². The van der Waals surface area contributed by atoms with Crippen LogP contribution in [-0.2, 0) is 20.7 Å². The normalized spacial score (nSPS) is 19.7. The maximum Gasteiger partial charge on any atom is 0.252 e. The molecule has 2 N–H and O–H groups in total. The van der Waals surface area contributed by atoms with Crippen molar-refractivity contribution in [1.82, 2.24) is 4.90 Å². The van der Waals surface area contributed by atoms with Gasteiger partial charge in [-0.3, -0.25) is 9.59 Å². The molecule has 1 fully saturated rings. The first-order chi connectivity index (χ1) is 17.7. The Hall–Kier alpha value is -2.64. The van der Waals surface area contributed by atoms with E-state index in [2.05, 4.69) is 0 Å². The smallest absolute Gasteiger partial charge is 0.252 e. The number of nitrogens with zero attached hydrogens (tertiary/aromatic N) is 1. The average Bonchev–Trinajstić information content (AvgIpc) is 2.87. The number of hydrogen-bond acceptors (Lipinski definition) is 3. The van der Waals surface area contributed by atoms with Gasteiger partial charge in [0.05, 0.1) is 16.1 Å². The number of amides is 2. The fourth-order valence-corrected chi connectivity index (χ4v) is 4.99. The quantitative estimate of drug-likeness (QED) is 0.295. The summed E-state index contributed by atoms with van der Waals surface area (Å²) in [6.45, 7) is 0.389. The molecule has 1 aliphatic rings. The number of unbranched alkanes of at least 4 members (excludes halogenated alkanes) is 1. The second-order valence-corrected chi connectivity index (χ2v) is 10.3. The number of benzene rings is 3. The molecule has 3 aromatic carbocycles. The van der Waals surface area contributed by atoms with E-state index in [1.807, 2.05) is 18.2 Å².